The van der Waals surface area contributed by atoms with Gasteiger partial charge in [-0.2, -0.15) is 0 Å². The molecule has 0 saturated carbocycles. The van der Waals surface area contributed by atoms with E-state index in [4.69, 9.17) is 4.74 Å². The van der Waals surface area contributed by atoms with E-state index < -0.39 is 0 Å². The van der Waals surface area contributed by atoms with Crippen LogP contribution in [0.1, 0.15) is 59.1 Å². The lowest BCUT2D eigenvalue weighted by Gasteiger charge is -2.43. The Morgan fingerprint density at radius 3 is 2.71 bits per heavy atom. The molecule has 2 unspecified atom stereocenters. The molecule has 0 aliphatic carbocycles. The maximum Gasteiger partial charge on any atom is 0.128 e. The van der Waals surface area contributed by atoms with E-state index in [0.717, 1.165) is 25.3 Å². The molecule has 1 aliphatic rings. The molecule has 1 aromatic rings. The molecule has 0 bridgehead atoms. The second-order valence-corrected chi connectivity index (χ2v) is 6.90. The molecule has 1 N–H and O–H groups in total. The highest BCUT2D eigenvalue weighted by atomic mass is 16.5. The largest absolute Gasteiger partial charge is 0.508 e. The van der Waals surface area contributed by atoms with Gasteiger partial charge < -0.3 is 9.84 Å². The molecule has 0 fully saturated rings. The summed E-state index contributed by atoms with van der Waals surface area (Å²) in [5, 5.41) is 9.73. The van der Waals surface area contributed by atoms with E-state index in [9.17, 15) is 5.11 Å². The summed E-state index contributed by atoms with van der Waals surface area (Å²) in [5.74, 6) is 1.80. The van der Waals surface area contributed by atoms with E-state index in [0.29, 0.717) is 12.0 Å². The first-order valence-corrected chi connectivity index (χ1v) is 8.12. The number of phenols is 1. The minimum Gasteiger partial charge on any atom is -0.508 e. The summed E-state index contributed by atoms with van der Waals surface area (Å²) >= 11 is 0. The van der Waals surface area contributed by atoms with Gasteiger partial charge in [0.05, 0.1) is 0 Å². The SMILES string of the molecule is CCC(C)CN(CC)C1CC(C)(C)Oc2cc(O)ccc21. The number of phenolic OH excluding ortho intramolecular Hbond substituents is 1. The monoisotopic (exact) mass is 291 g/mol. The molecule has 0 saturated heterocycles. The minimum absolute atomic E-state index is 0.200. The summed E-state index contributed by atoms with van der Waals surface area (Å²) in [6, 6.07) is 5.90. The van der Waals surface area contributed by atoms with Crippen molar-refractivity contribution in [3.05, 3.63) is 23.8 Å². The lowest BCUT2D eigenvalue weighted by atomic mass is 9.88. The van der Waals surface area contributed by atoms with Gasteiger partial charge in [0.25, 0.3) is 0 Å². The average molecular weight is 291 g/mol. The second-order valence-electron chi connectivity index (χ2n) is 6.90. The van der Waals surface area contributed by atoms with Crippen molar-refractivity contribution in [3.63, 3.8) is 0 Å². The summed E-state index contributed by atoms with van der Waals surface area (Å²) in [6.45, 7) is 13.2. The third kappa shape index (κ3) is 3.70. The van der Waals surface area contributed by atoms with E-state index in [1.807, 2.05) is 6.07 Å². The van der Waals surface area contributed by atoms with Crippen molar-refractivity contribution in [1.29, 1.82) is 0 Å². The van der Waals surface area contributed by atoms with Crippen LogP contribution in [0.25, 0.3) is 0 Å². The Balaban J connectivity index is 2.33. The van der Waals surface area contributed by atoms with Gasteiger partial charge >= 0.3 is 0 Å². The molecule has 21 heavy (non-hydrogen) atoms. The van der Waals surface area contributed by atoms with Crippen LogP contribution in [0.15, 0.2) is 18.2 Å². The van der Waals surface area contributed by atoms with Gasteiger partial charge in [-0.3, -0.25) is 4.90 Å². The predicted molar refractivity (Wildman–Crippen MR) is 86.9 cm³/mol. The topological polar surface area (TPSA) is 32.7 Å². The molecule has 2 atom stereocenters. The van der Waals surface area contributed by atoms with Crippen LogP contribution in [0.5, 0.6) is 11.5 Å². The van der Waals surface area contributed by atoms with Gasteiger partial charge in [0.15, 0.2) is 0 Å². The first kappa shape index (κ1) is 16.2. The summed E-state index contributed by atoms with van der Waals surface area (Å²) in [5.41, 5.74) is 1.01. The van der Waals surface area contributed by atoms with Crippen LogP contribution in [0, 0.1) is 5.92 Å². The fourth-order valence-corrected chi connectivity index (χ4v) is 3.13. The molecule has 3 heteroatoms. The zero-order valence-electron chi connectivity index (χ0n) is 14.0. The number of hydrogen-bond acceptors (Lipinski definition) is 3. The van der Waals surface area contributed by atoms with E-state index in [-0.39, 0.29) is 11.4 Å². The Bertz CT molecular complexity index is 484. The molecule has 0 aromatic heterocycles. The maximum absolute atomic E-state index is 9.73. The molecule has 2 rings (SSSR count). The lowest BCUT2D eigenvalue weighted by Crippen LogP contribution is -2.42. The summed E-state index contributed by atoms with van der Waals surface area (Å²) in [4.78, 5) is 2.55. The average Bonchev–Trinajstić information content (AvgIpc) is 2.42. The number of rotatable bonds is 5. The molecule has 1 aromatic carbocycles. The Hall–Kier alpha value is -1.22. The van der Waals surface area contributed by atoms with Crippen LogP contribution < -0.4 is 4.74 Å². The highest BCUT2D eigenvalue weighted by molar-refractivity contribution is 5.44. The molecule has 118 valence electrons. The van der Waals surface area contributed by atoms with Crippen molar-refractivity contribution in [1.82, 2.24) is 4.90 Å². The minimum atomic E-state index is -0.200. The molecular formula is C18H29NO2. The Morgan fingerprint density at radius 1 is 1.38 bits per heavy atom. The second kappa shape index (κ2) is 6.27. The van der Waals surface area contributed by atoms with Gasteiger partial charge in [0, 0.05) is 30.6 Å². The van der Waals surface area contributed by atoms with E-state index in [1.54, 1.807) is 12.1 Å². The van der Waals surface area contributed by atoms with Gasteiger partial charge in [-0.25, -0.2) is 0 Å². The Labute approximate surface area is 128 Å². The van der Waals surface area contributed by atoms with Gasteiger partial charge in [-0.1, -0.05) is 33.3 Å². The van der Waals surface area contributed by atoms with Gasteiger partial charge in [0.1, 0.15) is 17.1 Å². The molecule has 1 aliphatic heterocycles. The number of nitrogens with zero attached hydrogens (tertiary/aromatic N) is 1. The van der Waals surface area contributed by atoms with Crippen LogP contribution in [0.4, 0.5) is 0 Å². The fourth-order valence-electron chi connectivity index (χ4n) is 3.13. The molecule has 3 nitrogen and oxygen atoms in total. The third-order valence-electron chi connectivity index (χ3n) is 4.52. The summed E-state index contributed by atoms with van der Waals surface area (Å²) in [7, 11) is 0. The van der Waals surface area contributed by atoms with Crippen molar-refractivity contribution in [2.45, 2.75) is 59.1 Å². The standard InChI is InChI=1S/C18H29NO2/c1-6-13(3)12-19(7-2)16-11-18(4,5)21-17-10-14(20)8-9-15(16)17/h8-10,13,16,20H,6-7,11-12H2,1-5H3. The van der Waals surface area contributed by atoms with Crippen LogP contribution in [0.3, 0.4) is 0 Å². The van der Waals surface area contributed by atoms with E-state index in [1.165, 1.54) is 12.0 Å². The predicted octanol–water partition coefficient (Wildman–Crippen LogP) is 4.36. The number of hydrogen-bond donors (Lipinski definition) is 1. The van der Waals surface area contributed by atoms with Crippen molar-refractivity contribution in [3.8, 4) is 11.5 Å². The van der Waals surface area contributed by atoms with Crippen molar-refractivity contribution < 1.29 is 9.84 Å². The van der Waals surface area contributed by atoms with E-state index >= 15 is 0 Å². The number of fused-ring (bicyclic) bond motifs is 1. The van der Waals surface area contributed by atoms with Gasteiger partial charge in [-0.15, -0.1) is 0 Å². The molecule has 0 spiro atoms. The Kier molecular flexibility index (Phi) is 4.82. The van der Waals surface area contributed by atoms with Crippen molar-refractivity contribution >= 4 is 0 Å². The third-order valence-corrected chi connectivity index (χ3v) is 4.52. The normalized spacial score (nSPS) is 21.7. The molecule has 1 heterocycles. The smallest absolute Gasteiger partial charge is 0.128 e. The Morgan fingerprint density at radius 2 is 2.10 bits per heavy atom. The van der Waals surface area contributed by atoms with Crippen LogP contribution in [0.2, 0.25) is 0 Å². The first-order valence-electron chi connectivity index (χ1n) is 8.12. The molecule has 0 amide bonds. The van der Waals surface area contributed by atoms with Gasteiger partial charge in [-0.05, 0) is 32.4 Å². The summed E-state index contributed by atoms with van der Waals surface area (Å²) < 4.78 is 6.07. The zero-order chi connectivity index (χ0) is 15.6. The highest BCUT2D eigenvalue weighted by Gasteiger charge is 2.36. The maximum atomic E-state index is 9.73. The van der Waals surface area contributed by atoms with Crippen LogP contribution in [-0.4, -0.2) is 28.7 Å². The highest BCUT2D eigenvalue weighted by Crippen LogP contribution is 2.43. The number of ether oxygens (including phenoxy) is 1. The van der Waals surface area contributed by atoms with Gasteiger partial charge in [0.2, 0.25) is 0 Å². The molecule has 0 radical (unpaired) electrons. The van der Waals surface area contributed by atoms with Crippen molar-refractivity contribution in [2.75, 3.05) is 13.1 Å². The quantitative estimate of drug-likeness (QED) is 0.874. The summed E-state index contributed by atoms with van der Waals surface area (Å²) in [6.07, 6.45) is 2.18. The van der Waals surface area contributed by atoms with E-state index in [2.05, 4.69) is 39.5 Å². The number of benzene rings is 1. The van der Waals surface area contributed by atoms with Crippen molar-refractivity contribution in [2.24, 2.45) is 5.92 Å². The lowest BCUT2D eigenvalue weighted by molar-refractivity contribution is 0.0267. The van der Waals surface area contributed by atoms with Crippen LogP contribution >= 0.6 is 0 Å². The molecular weight excluding hydrogens is 262 g/mol. The fraction of sp³-hybridized carbons (Fsp3) is 0.667. The van der Waals surface area contributed by atoms with Crippen LogP contribution in [-0.2, 0) is 0 Å². The zero-order valence-corrected chi connectivity index (χ0v) is 14.0. The first-order chi connectivity index (χ1) is 9.86. The number of aromatic hydroxyl groups is 1.